The van der Waals surface area contributed by atoms with Crippen molar-refractivity contribution >= 4 is 29.7 Å². The van der Waals surface area contributed by atoms with Crippen LogP contribution in [0.4, 0.5) is 0 Å². The SMILES string of the molecule is Cn1c(CCCNC(=O)c2ccnc(Cl)c2)n[nH]c1=S. The number of nitrogens with one attached hydrogen (secondary N) is 2. The fourth-order valence-electron chi connectivity index (χ4n) is 1.70. The number of amides is 1. The Balaban J connectivity index is 1.80. The van der Waals surface area contributed by atoms with Gasteiger partial charge < -0.3 is 9.88 Å². The van der Waals surface area contributed by atoms with Crippen LogP contribution in [0, 0.1) is 4.77 Å². The average Bonchev–Trinajstić information content (AvgIpc) is 2.75. The fourth-order valence-corrected chi connectivity index (χ4v) is 2.02. The Morgan fingerprint density at radius 1 is 1.60 bits per heavy atom. The molecule has 0 aliphatic heterocycles. The molecule has 0 fully saturated rings. The molecular formula is C12H14ClN5OS. The van der Waals surface area contributed by atoms with Crippen LogP contribution in [0.15, 0.2) is 18.3 Å². The van der Waals surface area contributed by atoms with Gasteiger partial charge in [-0.15, -0.1) is 0 Å². The lowest BCUT2D eigenvalue weighted by Gasteiger charge is -2.05. The highest BCUT2D eigenvalue weighted by molar-refractivity contribution is 7.71. The number of aromatic nitrogens is 4. The summed E-state index contributed by atoms with van der Waals surface area (Å²) < 4.78 is 2.41. The van der Waals surface area contributed by atoms with Crippen molar-refractivity contribution in [3.05, 3.63) is 39.6 Å². The van der Waals surface area contributed by atoms with Crippen molar-refractivity contribution in [1.29, 1.82) is 0 Å². The number of aromatic amines is 1. The van der Waals surface area contributed by atoms with Crippen molar-refractivity contribution in [2.45, 2.75) is 12.8 Å². The van der Waals surface area contributed by atoms with E-state index in [1.54, 1.807) is 6.07 Å². The number of rotatable bonds is 5. The zero-order chi connectivity index (χ0) is 14.5. The molecule has 0 aromatic carbocycles. The third-order valence-corrected chi connectivity index (χ3v) is 3.40. The number of aryl methyl sites for hydroxylation is 1. The van der Waals surface area contributed by atoms with Gasteiger partial charge in [0.1, 0.15) is 11.0 Å². The van der Waals surface area contributed by atoms with E-state index in [4.69, 9.17) is 23.8 Å². The monoisotopic (exact) mass is 311 g/mol. The third-order valence-electron chi connectivity index (χ3n) is 2.82. The van der Waals surface area contributed by atoms with E-state index in [9.17, 15) is 4.79 Å². The number of carbonyl (C=O) groups excluding carboxylic acids is 1. The molecule has 0 aliphatic rings. The highest BCUT2D eigenvalue weighted by Gasteiger charge is 2.06. The van der Waals surface area contributed by atoms with Crippen LogP contribution in [0.3, 0.4) is 0 Å². The number of nitrogens with zero attached hydrogens (tertiary/aromatic N) is 3. The van der Waals surface area contributed by atoms with Gasteiger partial charge in [0, 0.05) is 31.8 Å². The first-order chi connectivity index (χ1) is 9.58. The smallest absolute Gasteiger partial charge is 0.251 e. The number of hydrogen-bond acceptors (Lipinski definition) is 4. The van der Waals surface area contributed by atoms with Crippen molar-refractivity contribution in [1.82, 2.24) is 25.1 Å². The van der Waals surface area contributed by atoms with E-state index in [2.05, 4.69) is 20.5 Å². The number of halogens is 1. The Morgan fingerprint density at radius 2 is 2.40 bits per heavy atom. The van der Waals surface area contributed by atoms with Crippen LogP contribution in [0.25, 0.3) is 0 Å². The Bertz CT molecular complexity index is 666. The van der Waals surface area contributed by atoms with Crippen molar-refractivity contribution < 1.29 is 4.79 Å². The molecule has 0 atom stereocenters. The summed E-state index contributed by atoms with van der Waals surface area (Å²) in [5.41, 5.74) is 0.503. The maximum Gasteiger partial charge on any atom is 0.251 e. The van der Waals surface area contributed by atoms with Gasteiger partial charge in [0.25, 0.3) is 5.91 Å². The van der Waals surface area contributed by atoms with Crippen molar-refractivity contribution in [2.24, 2.45) is 7.05 Å². The topological polar surface area (TPSA) is 75.6 Å². The molecule has 6 nitrogen and oxygen atoms in total. The van der Waals surface area contributed by atoms with Gasteiger partial charge in [-0.3, -0.25) is 9.89 Å². The quantitative estimate of drug-likeness (QED) is 0.502. The Morgan fingerprint density at radius 3 is 3.05 bits per heavy atom. The van der Waals surface area contributed by atoms with Crippen LogP contribution in [0.1, 0.15) is 22.6 Å². The van der Waals surface area contributed by atoms with Crippen LogP contribution in [0.2, 0.25) is 5.15 Å². The summed E-state index contributed by atoms with van der Waals surface area (Å²) in [6.45, 7) is 0.554. The first-order valence-corrected chi connectivity index (χ1v) is 6.86. The number of hydrogen-bond donors (Lipinski definition) is 2. The minimum Gasteiger partial charge on any atom is -0.352 e. The maximum absolute atomic E-state index is 11.8. The molecule has 8 heteroatoms. The summed E-state index contributed by atoms with van der Waals surface area (Å²) in [5.74, 6) is 0.709. The van der Waals surface area contributed by atoms with E-state index in [0.29, 0.717) is 22.0 Å². The third kappa shape index (κ3) is 3.64. The van der Waals surface area contributed by atoms with Crippen LogP contribution in [-0.2, 0) is 13.5 Å². The molecular weight excluding hydrogens is 298 g/mol. The van der Waals surface area contributed by atoms with E-state index in [0.717, 1.165) is 18.7 Å². The predicted octanol–water partition coefficient (Wildman–Crippen LogP) is 1.89. The molecule has 0 saturated heterocycles. The standard InChI is InChI=1S/C12H14ClN5OS/c1-18-10(16-17-12(18)20)3-2-5-15-11(19)8-4-6-14-9(13)7-8/h4,6-7H,2-3,5H2,1H3,(H,15,19)(H,17,20). The second kappa shape index (κ2) is 6.62. The highest BCUT2D eigenvalue weighted by atomic mass is 35.5. The zero-order valence-electron chi connectivity index (χ0n) is 10.9. The van der Waals surface area contributed by atoms with Crippen LogP contribution >= 0.6 is 23.8 Å². The molecule has 0 unspecified atom stereocenters. The average molecular weight is 312 g/mol. The van der Waals surface area contributed by atoms with Gasteiger partial charge in [-0.2, -0.15) is 5.10 Å². The molecule has 2 heterocycles. The van der Waals surface area contributed by atoms with Crippen molar-refractivity contribution in [2.75, 3.05) is 6.54 Å². The molecule has 0 spiro atoms. The van der Waals surface area contributed by atoms with E-state index in [1.807, 2.05) is 11.6 Å². The van der Waals surface area contributed by atoms with Crippen LogP contribution in [0.5, 0.6) is 0 Å². The van der Waals surface area contributed by atoms with Gasteiger partial charge in [0.2, 0.25) is 0 Å². The Labute approximate surface area is 126 Å². The molecule has 0 bridgehead atoms. The summed E-state index contributed by atoms with van der Waals surface area (Å²) in [5, 5.41) is 9.96. The highest BCUT2D eigenvalue weighted by Crippen LogP contribution is 2.06. The Kier molecular flexibility index (Phi) is 4.86. The van der Waals surface area contributed by atoms with E-state index in [-0.39, 0.29) is 5.91 Å². The molecule has 0 aliphatic carbocycles. The fraction of sp³-hybridized carbons (Fsp3) is 0.333. The van der Waals surface area contributed by atoms with Gasteiger partial charge in [-0.25, -0.2) is 4.98 Å². The maximum atomic E-state index is 11.8. The van der Waals surface area contributed by atoms with Crippen molar-refractivity contribution in [3.8, 4) is 0 Å². The summed E-state index contributed by atoms with van der Waals surface area (Å²) in [4.78, 5) is 15.7. The largest absolute Gasteiger partial charge is 0.352 e. The molecule has 2 N–H and O–H groups in total. The first kappa shape index (κ1) is 14.7. The number of carbonyl (C=O) groups is 1. The lowest BCUT2D eigenvalue weighted by molar-refractivity contribution is 0.0953. The molecule has 2 rings (SSSR count). The van der Waals surface area contributed by atoms with E-state index >= 15 is 0 Å². The number of H-pyrrole nitrogens is 1. The first-order valence-electron chi connectivity index (χ1n) is 6.08. The molecule has 20 heavy (non-hydrogen) atoms. The van der Waals surface area contributed by atoms with Gasteiger partial charge in [0.15, 0.2) is 4.77 Å². The van der Waals surface area contributed by atoms with E-state index in [1.165, 1.54) is 12.3 Å². The molecule has 106 valence electrons. The van der Waals surface area contributed by atoms with Crippen molar-refractivity contribution in [3.63, 3.8) is 0 Å². The van der Waals surface area contributed by atoms with Gasteiger partial charge >= 0.3 is 0 Å². The molecule has 2 aromatic rings. The zero-order valence-corrected chi connectivity index (χ0v) is 12.5. The van der Waals surface area contributed by atoms with Gasteiger partial charge in [-0.1, -0.05) is 11.6 Å². The van der Waals surface area contributed by atoms with Crippen LogP contribution in [-0.4, -0.2) is 32.2 Å². The molecule has 0 radical (unpaired) electrons. The van der Waals surface area contributed by atoms with E-state index < -0.39 is 0 Å². The van der Waals surface area contributed by atoms with Gasteiger partial charge in [0.05, 0.1) is 0 Å². The minimum atomic E-state index is -0.162. The summed E-state index contributed by atoms with van der Waals surface area (Å²) in [6, 6.07) is 3.16. The summed E-state index contributed by atoms with van der Waals surface area (Å²) in [7, 11) is 1.86. The predicted molar refractivity (Wildman–Crippen MR) is 78.3 cm³/mol. The second-order valence-corrected chi connectivity index (χ2v) is 5.00. The molecule has 2 aromatic heterocycles. The lowest BCUT2D eigenvalue weighted by atomic mass is 10.2. The second-order valence-electron chi connectivity index (χ2n) is 4.23. The van der Waals surface area contributed by atoms with Crippen LogP contribution < -0.4 is 5.32 Å². The van der Waals surface area contributed by atoms with Gasteiger partial charge in [-0.05, 0) is 30.8 Å². The minimum absolute atomic E-state index is 0.162. The number of pyridine rings is 1. The molecule has 1 amide bonds. The normalized spacial score (nSPS) is 10.5. The lowest BCUT2D eigenvalue weighted by Crippen LogP contribution is -2.25. The molecule has 0 saturated carbocycles. The summed E-state index contributed by atoms with van der Waals surface area (Å²) in [6.07, 6.45) is 3.02. The Hall–Kier alpha value is -1.73. The summed E-state index contributed by atoms with van der Waals surface area (Å²) >= 11 is 10.8.